The molecule has 0 bridgehead atoms. The molecular formula is C12H9ClN4O2. The summed E-state index contributed by atoms with van der Waals surface area (Å²) in [4.78, 5) is 11.0. The lowest BCUT2D eigenvalue weighted by molar-refractivity contribution is 0.0697. The first kappa shape index (κ1) is 11.9. The van der Waals surface area contributed by atoms with Gasteiger partial charge in [0.25, 0.3) is 0 Å². The van der Waals surface area contributed by atoms with Crippen molar-refractivity contribution in [3.63, 3.8) is 0 Å². The van der Waals surface area contributed by atoms with Crippen molar-refractivity contribution in [2.45, 2.75) is 13.3 Å². The molecule has 0 radical (unpaired) electrons. The zero-order valence-corrected chi connectivity index (χ0v) is 10.7. The van der Waals surface area contributed by atoms with E-state index in [0.29, 0.717) is 16.7 Å². The molecule has 6 nitrogen and oxygen atoms in total. The molecule has 0 amide bonds. The van der Waals surface area contributed by atoms with E-state index in [-0.39, 0.29) is 10.6 Å². The highest BCUT2D eigenvalue weighted by molar-refractivity contribution is 6.37. The number of benzene rings is 1. The van der Waals surface area contributed by atoms with Gasteiger partial charge in [-0.05, 0) is 18.6 Å². The lowest BCUT2D eigenvalue weighted by Gasteiger charge is -2.04. The molecular weight excluding hydrogens is 268 g/mol. The maximum Gasteiger partial charge on any atom is 0.337 e. The number of halogens is 1. The van der Waals surface area contributed by atoms with Gasteiger partial charge in [-0.3, -0.25) is 0 Å². The number of carboxylic acid groups (broad SMARTS) is 1. The van der Waals surface area contributed by atoms with Crippen LogP contribution in [0.3, 0.4) is 0 Å². The van der Waals surface area contributed by atoms with Crippen LogP contribution in [-0.4, -0.2) is 30.9 Å². The van der Waals surface area contributed by atoms with Crippen LogP contribution in [0.5, 0.6) is 0 Å². The Hall–Kier alpha value is -2.21. The van der Waals surface area contributed by atoms with Crippen LogP contribution >= 0.6 is 11.6 Å². The molecule has 0 unspecified atom stereocenters. The number of aromatic nitrogens is 4. The van der Waals surface area contributed by atoms with Crippen LogP contribution in [0.1, 0.15) is 23.0 Å². The fourth-order valence-electron chi connectivity index (χ4n) is 1.93. The van der Waals surface area contributed by atoms with Crippen molar-refractivity contribution >= 4 is 34.3 Å². The van der Waals surface area contributed by atoms with E-state index in [1.807, 2.05) is 13.0 Å². The van der Waals surface area contributed by atoms with Crippen molar-refractivity contribution in [1.29, 1.82) is 0 Å². The van der Waals surface area contributed by atoms with Gasteiger partial charge in [0.05, 0.1) is 21.8 Å². The summed E-state index contributed by atoms with van der Waals surface area (Å²) in [7, 11) is 0. The Morgan fingerprint density at radius 2 is 2.21 bits per heavy atom. The summed E-state index contributed by atoms with van der Waals surface area (Å²) in [5, 5.41) is 21.5. The molecule has 7 heteroatoms. The van der Waals surface area contributed by atoms with Gasteiger partial charge in [-0.1, -0.05) is 18.5 Å². The Kier molecular flexibility index (Phi) is 2.60. The standard InChI is InChI=1S/C12H9ClN4O2/c1-2-6-5-9-14-15-11-8(17(9)16-6)4-3-7(10(11)13)12(18)19/h3-5H,2H2,1H3,(H,18,19). The summed E-state index contributed by atoms with van der Waals surface area (Å²) in [6, 6.07) is 4.92. The molecule has 0 aliphatic rings. The van der Waals surface area contributed by atoms with Gasteiger partial charge in [0.2, 0.25) is 0 Å². The van der Waals surface area contributed by atoms with Crippen LogP contribution in [0.15, 0.2) is 18.2 Å². The summed E-state index contributed by atoms with van der Waals surface area (Å²) in [5.74, 6) is -1.09. The molecule has 2 aromatic heterocycles. The maximum absolute atomic E-state index is 11.0. The van der Waals surface area contributed by atoms with Crippen molar-refractivity contribution in [3.8, 4) is 0 Å². The molecule has 1 aromatic carbocycles. The van der Waals surface area contributed by atoms with E-state index in [1.54, 1.807) is 10.6 Å². The van der Waals surface area contributed by atoms with Gasteiger partial charge in [0.1, 0.15) is 5.52 Å². The molecule has 0 fully saturated rings. The van der Waals surface area contributed by atoms with Gasteiger partial charge in [0.15, 0.2) is 5.65 Å². The average molecular weight is 277 g/mol. The Bertz CT molecular complexity index is 812. The highest BCUT2D eigenvalue weighted by atomic mass is 35.5. The Morgan fingerprint density at radius 1 is 1.42 bits per heavy atom. The molecule has 1 N–H and O–H groups in total. The van der Waals surface area contributed by atoms with Crippen molar-refractivity contribution in [2.75, 3.05) is 0 Å². The van der Waals surface area contributed by atoms with Crippen molar-refractivity contribution in [3.05, 3.63) is 34.5 Å². The van der Waals surface area contributed by atoms with E-state index in [2.05, 4.69) is 15.3 Å². The number of fused-ring (bicyclic) bond motifs is 3. The van der Waals surface area contributed by atoms with Crippen molar-refractivity contribution in [2.24, 2.45) is 0 Å². The normalized spacial score (nSPS) is 11.3. The molecule has 0 atom stereocenters. The number of aryl methyl sites for hydroxylation is 1. The SMILES string of the molecule is CCc1cc2nnc3c(Cl)c(C(=O)O)ccc3n2n1. The number of hydrogen-bond donors (Lipinski definition) is 1. The van der Waals surface area contributed by atoms with E-state index < -0.39 is 5.97 Å². The number of aromatic carboxylic acids is 1. The van der Waals surface area contributed by atoms with Crippen LogP contribution in [0.4, 0.5) is 0 Å². The maximum atomic E-state index is 11.0. The third-order valence-electron chi connectivity index (χ3n) is 2.91. The minimum atomic E-state index is -1.09. The molecule has 0 aliphatic carbocycles. The number of carboxylic acids is 1. The quantitative estimate of drug-likeness (QED) is 0.776. The fraction of sp³-hybridized carbons (Fsp3) is 0.167. The van der Waals surface area contributed by atoms with Gasteiger partial charge in [0, 0.05) is 6.07 Å². The lowest BCUT2D eigenvalue weighted by Crippen LogP contribution is -2.02. The number of carbonyl (C=O) groups is 1. The van der Waals surface area contributed by atoms with Gasteiger partial charge < -0.3 is 5.11 Å². The Morgan fingerprint density at radius 3 is 2.89 bits per heavy atom. The summed E-state index contributed by atoms with van der Waals surface area (Å²) in [6.45, 7) is 1.99. The van der Waals surface area contributed by atoms with Crippen LogP contribution < -0.4 is 0 Å². The summed E-state index contributed by atoms with van der Waals surface area (Å²) in [6.07, 6.45) is 0.784. The largest absolute Gasteiger partial charge is 0.478 e. The van der Waals surface area contributed by atoms with Gasteiger partial charge >= 0.3 is 5.97 Å². The average Bonchev–Trinajstić information content (AvgIpc) is 2.82. The second-order valence-electron chi connectivity index (χ2n) is 4.06. The van der Waals surface area contributed by atoms with Crippen molar-refractivity contribution < 1.29 is 9.90 Å². The predicted molar refractivity (Wildman–Crippen MR) is 69.6 cm³/mol. The zero-order chi connectivity index (χ0) is 13.6. The first-order valence-corrected chi connectivity index (χ1v) is 6.06. The summed E-state index contributed by atoms with van der Waals surface area (Å²) >= 11 is 6.05. The van der Waals surface area contributed by atoms with Gasteiger partial charge in [-0.2, -0.15) is 5.10 Å². The first-order chi connectivity index (χ1) is 9.11. The molecule has 19 heavy (non-hydrogen) atoms. The van der Waals surface area contributed by atoms with Crippen LogP contribution in [0.2, 0.25) is 5.02 Å². The van der Waals surface area contributed by atoms with Crippen LogP contribution in [-0.2, 0) is 6.42 Å². The van der Waals surface area contributed by atoms with Crippen LogP contribution in [0, 0.1) is 0 Å². The lowest BCUT2D eigenvalue weighted by atomic mass is 10.2. The summed E-state index contributed by atoms with van der Waals surface area (Å²) < 4.78 is 1.62. The molecule has 0 saturated heterocycles. The van der Waals surface area contributed by atoms with Crippen molar-refractivity contribution in [1.82, 2.24) is 19.8 Å². The number of nitrogens with zero attached hydrogens (tertiary/aromatic N) is 4. The smallest absolute Gasteiger partial charge is 0.337 e. The zero-order valence-electron chi connectivity index (χ0n) is 9.96. The second kappa shape index (κ2) is 4.17. The third-order valence-corrected chi connectivity index (χ3v) is 3.29. The fourth-order valence-corrected chi connectivity index (χ4v) is 2.21. The molecule has 3 aromatic rings. The second-order valence-corrected chi connectivity index (χ2v) is 4.44. The van der Waals surface area contributed by atoms with Crippen LogP contribution in [0.25, 0.3) is 16.7 Å². The third kappa shape index (κ3) is 1.72. The van der Waals surface area contributed by atoms with E-state index in [4.69, 9.17) is 16.7 Å². The Labute approximate surface area is 112 Å². The molecule has 2 heterocycles. The van der Waals surface area contributed by atoms with Gasteiger partial charge in [-0.25, -0.2) is 9.31 Å². The molecule has 0 aliphatic heterocycles. The minimum absolute atomic E-state index is 0.00527. The highest BCUT2D eigenvalue weighted by Gasteiger charge is 2.15. The predicted octanol–water partition coefficient (Wildman–Crippen LogP) is 2.19. The van der Waals surface area contributed by atoms with E-state index in [9.17, 15) is 4.79 Å². The topological polar surface area (TPSA) is 80.4 Å². The molecule has 0 saturated carbocycles. The monoisotopic (exact) mass is 276 g/mol. The highest BCUT2D eigenvalue weighted by Crippen LogP contribution is 2.25. The minimum Gasteiger partial charge on any atom is -0.478 e. The summed E-state index contributed by atoms with van der Waals surface area (Å²) in [5.41, 5.74) is 2.48. The number of hydrogen-bond acceptors (Lipinski definition) is 4. The van der Waals surface area contributed by atoms with Gasteiger partial charge in [-0.15, -0.1) is 10.2 Å². The molecule has 0 spiro atoms. The molecule has 96 valence electrons. The van der Waals surface area contributed by atoms with E-state index >= 15 is 0 Å². The van der Waals surface area contributed by atoms with E-state index in [0.717, 1.165) is 12.1 Å². The molecule has 3 rings (SSSR count). The number of rotatable bonds is 2. The first-order valence-electron chi connectivity index (χ1n) is 5.68. The van der Waals surface area contributed by atoms with E-state index in [1.165, 1.54) is 6.07 Å². The Balaban J connectivity index is 2.40.